The zero-order valence-corrected chi connectivity index (χ0v) is 10.9. The molecule has 0 saturated carbocycles. The van der Waals surface area contributed by atoms with Crippen LogP contribution < -0.4 is 10.6 Å². The maximum absolute atomic E-state index is 5.19. The lowest BCUT2D eigenvalue weighted by atomic mass is 10.1. The molecule has 2 N–H and O–H groups in total. The maximum atomic E-state index is 5.19. The van der Waals surface area contributed by atoms with Crippen molar-refractivity contribution in [2.24, 2.45) is 0 Å². The summed E-state index contributed by atoms with van der Waals surface area (Å²) in [5, 5.41) is 6.92. The molecule has 86 valence electrons. The molecule has 0 aliphatic carbocycles. The molecule has 0 radical (unpaired) electrons. The number of rotatable bonds is 3. The summed E-state index contributed by atoms with van der Waals surface area (Å²) in [5.74, 6) is 0. The molecule has 0 unspecified atom stereocenters. The van der Waals surface area contributed by atoms with Gasteiger partial charge < -0.3 is 10.6 Å². The number of aryl methyl sites for hydroxylation is 1. The van der Waals surface area contributed by atoms with Crippen molar-refractivity contribution in [2.75, 3.05) is 11.9 Å². The van der Waals surface area contributed by atoms with Gasteiger partial charge in [-0.2, -0.15) is 0 Å². The van der Waals surface area contributed by atoms with E-state index in [-0.39, 0.29) is 0 Å². The second-order valence-corrected chi connectivity index (χ2v) is 4.42. The first-order valence-electron chi connectivity index (χ1n) is 5.26. The van der Waals surface area contributed by atoms with E-state index in [1.54, 1.807) is 0 Å². The van der Waals surface area contributed by atoms with Gasteiger partial charge in [0.1, 0.15) is 0 Å². The van der Waals surface area contributed by atoms with Gasteiger partial charge in [-0.25, -0.2) is 0 Å². The molecule has 0 spiro atoms. The maximum Gasteiger partial charge on any atom is 0.171 e. The van der Waals surface area contributed by atoms with Crippen LogP contribution in [0.5, 0.6) is 0 Å². The van der Waals surface area contributed by atoms with Crippen molar-refractivity contribution in [1.29, 1.82) is 0 Å². The predicted molar refractivity (Wildman–Crippen MR) is 75.0 cm³/mol. The van der Waals surface area contributed by atoms with E-state index in [1.165, 1.54) is 11.1 Å². The SMILES string of the molecule is C=C(C)CNC(=S)Nc1cccc(C)c1C. The molecule has 0 aliphatic rings. The van der Waals surface area contributed by atoms with Crippen LogP contribution in [0.3, 0.4) is 0 Å². The van der Waals surface area contributed by atoms with Crippen LogP contribution in [0.1, 0.15) is 18.1 Å². The Labute approximate surface area is 103 Å². The molecular formula is C13H18N2S. The Morgan fingerprint density at radius 3 is 2.69 bits per heavy atom. The van der Waals surface area contributed by atoms with Crippen LogP contribution in [-0.2, 0) is 0 Å². The summed E-state index contributed by atoms with van der Waals surface area (Å²) in [6.45, 7) is 10.7. The molecule has 1 rings (SSSR count). The third-order valence-corrected chi connectivity index (χ3v) is 2.65. The van der Waals surface area contributed by atoms with Crippen molar-refractivity contribution in [3.8, 4) is 0 Å². The number of anilines is 1. The topological polar surface area (TPSA) is 24.1 Å². The van der Waals surface area contributed by atoms with Gasteiger partial charge in [0.2, 0.25) is 0 Å². The van der Waals surface area contributed by atoms with Gasteiger partial charge in [-0.1, -0.05) is 24.3 Å². The van der Waals surface area contributed by atoms with Crippen LogP contribution in [0.15, 0.2) is 30.4 Å². The van der Waals surface area contributed by atoms with E-state index in [9.17, 15) is 0 Å². The van der Waals surface area contributed by atoms with Crippen LogP contribution in [0, 0.1) is 13.8 Å². The molecule has 0 heterocycles. The molecule has 16 heavy (non-hydrogen) atoms. The van der Waals surface area contributed by atoms with E-state index in [4.69, 9.17) is 12.2 Å². The van der Waals surface area contributed by atoms with E-state index >= 15 is 0 Å². The van der Waals surface area contributed by atoms with Gasteiger partial charge in [-0.3, -0.25) is 0 Å². The number of benzene rings is 1. The van der Waals surface area contributed by atoms with E-state index in [2.05, 4.69) is 37.1 Å². The first-order chi connectivity index (χ1) is 7.50. The average Bonchev–Trinajstić information content (AvgIpc) is 2.22. The molecule has 0 saturated heterocycles. The fraction of sp³-hybridized carbons (Fsp3) is 0.308. The lowest BCUT2D eigenvalue weighted by Crippen LogP contribution is -2.29. The van der Waals surface area contributed by atoms with E-state index in [0.29, 0.717) is 11.7 Å². The van der Waals surface area contributed by atoms with Gasteiger partial charge >= 0.3 is 0 Å². The Balaban J connectivity index is 2.63. The Morgan fingerprint density at radius 1 is 1.38 bits per heavy atom. The first-order valence-corrected chi connectivity index (χ1v) is 5.67. The lowest BCUT2D eigenvalue weighted by molar-refractivity contribution is 0.999. The smallest absolute Gasteiger partial charge is 0.171 e. The van der Waals surface area contributed by atoms with E-state index in [0.717, 1.165) is 11.3 Å². The fourth-order valence-electron chi connectivity index (χ4n) is 1.28. The second-order valence-electron chi connectivity index (χ2n) is 4.01. The summed E-state index contributed by atoms with van der Waals surface area (Å²) in [6, 6.07) is 6.13. The van der Waals surface area contributed by atoms with E-state index in [1.807, 2.05) is 19.1 Å². The monoisotopic (exact) mass is 234 g/mol. The summed E-state index contributed by atoms with van der Waals surface area (Å²) in [4.78, 5) is 0. The highest BCUT2D eigenvalue weighted by molar-refractivity contribution is 7.80. The lowest BCUT2D eigenvalue weighted by Gasteiger charge is -2.13. The van der Waals surface area contributed by atoms with Crippen molar-refractivity contribution in [3.63, 3.8) is 0 Å². The second kappa shape index (κ2) is 5.66. The van der Waals surface area contributed by atoms with Crippen molar-refractivity contribution in [2.45, 2.75) is 20.8 Å². The Morgan fingerprint density at radius 2 is 2.06 bits per heavy atom. The largest absolute Gasteiger partial charge is 0.359 e. The minimum absolute atomic E-state index is 0.636. The van der Waals surface area contributed by atoms with Crippen molar-refractivity contribution in [3.05, 3.63) is 41.5 Å². The molecule has 2 nitrogen and oxygen atoms in total. The summed E-state index contributed by atoms with van der Waals surface area (Å²) in [7, 11) is 0. The number of nitrogens with one attached hydrogen (secondary N) is 2. The van der Waals surface area contributed by atoms with Crippen molar-refractivity contribution in [1.82, 2.24) is 5.32 Å². The minimum Gasteiger partial charge on any atom is -0.359 e. The molecule has 0 aromatic heterocycles. The summed E-state index contributed by atoms with van der Waals surface area (Å²) in [5.41, 5.74) is 4.60. The van der Waals surface area contributed by atoms with Gasteiger partial charge in [-0.05, 0) is 50.2 Å². The van der Waals surface area contributed by atoms with Gasteiger partial charge in [0, 0.05) is 12.2 Å². The highest BCUT2D eigenvalue weighted by Gasteiger charge is 2.02. The first kappa shape index (κ1) is 12.7. The van der Waals surface area contributed by atoms with Gasteiger partial charge in [0.25, 0.3) is 0 Å². The molecule has 1 aromatic carbocycles. The number of thiocarbonyl (C=S) groups is 1. The zero-order valence-electron chi connectivity index (χ0n) is 10.1. The molecule has 0 aliphatic heterocycles. The third-order valence-electron chi connectivity index (χ3n) is 2.40. The average molecular weight is 234 g/mol. The Bertz CT molecular complexity index is 410. The zero-order chi connectivity index (χ0) is 12.1. The third kappa shape index (κ3) is 3.66. The van der Waals surface area contributed by atoms with Gasteiger partial charge in [-0.15, -0.1) is 0 Å². The highest BCUT2D eigenvalue weighted by atomic mass is 32.1. The molecule has 0 fully saturated rings. The minimum atomic E-state index is 0.636. The molecule has 1 aromatic rings. The molecule has 0 bridgehead atoms. The summed E-state index contributed by atoms with van der Waals surface area (Å²) in [6.07, 6.45) is 0. The van der Waals surface area contributed by atoms with Crippen LogP contribution >= 0.6 is 12.2 Å². The van der Waals surface area contributed by atoms with Crippen LogP contribution in [0.4, 0.5) is 5.69 Å². The van der Waals surface area contributed by atoms with Crippen molar-refractivity contribution < 1.29 is 0 Å². The molecular weight excluding hydrogens is 216 g/mol. The molecule has 0 amide bonds. The molecule has 0 atom stereocenters. The van der Waals surface area contributed by atoms with Gasteiger partial charge in [0.05, 0.1) is 0 Å². The highest BCUT2D eigenvalue weighted by Crippen LogP contribution is 2.17. The summed E-state index contributed by atoms with van der Waals surface area (Å²) < 4.78 is 0. The van der Waals surface area contributed by atoms with Gasteiger partial charge in [0.15, 0.2) is 5.11 Å². The standard InChI is InChI=1S/C13H18N2S/c1-9(2)8-14-13(16)15-12-7-5-6-10(3)11(12)4/h5-7H,1,8H2,2-4H3,(H2,14,15,16). The van der Waals surface area contributed by atoms with E-state index < -0.39 is 0 Å². The molecule has 3 heteroatoms. The number of hydrogen-bond donors (Lipinski definition) is 2. The quantitative estimate of drug-likeness (QED) is 0.620. The Hall–Kier alpha value is -1.35. The normalized spacial score (nSPS) is 9.69. The van der Waals surface area contributed by atoms with Crippen LogP contribution in [0.25, 0.3) is 0 Å². The summed E-state index contributed by atoms with van der Waals surface area (Å²) >= 11 is 5.19. The predicted octanol–water partition coefficient (Wildman–Crippen LogP) is 3.17. The Kier molecular flexibility index (Phi) is 4.50. The fourth-order valence-corrected chi connectivity index (χ4v) is 1.47. The number of hydrogen-bond acceptors (Lipinski definition) is 1. The van der Waals surface area contributed by atoms with Crippen molar-refractivity contribution >= 4 is 23.0 Å². The van der Waals surface area contributed by atoms with Crippen LogP contribution in [0.2, 0.25) is 0 Å². The van der Waals surface area contributed by atoms with Crippen LogP contribution in [-0.4, -0.2) is 11.7 Å².